The second-order valence-electron chi connectivity index (χ2n) is 2.72. The molecule has 0 aromatic carbocycles. The van der Waals surface area contributed by atoms with Gasteiger partial charge in [-0.05, 0) is 17.2 Å². The zero-order valence-corrected chi connectivity index (χ0v) is 6.45. The number of H-pyrrole nitrogens is 1. The summed E-state index contributed by atoms with van der Waals surface area (Å²) in [6.45, 7) is 0.560. The van der Waals surface area contributed by atoms with Gasteiger partial charge in [0.2, 0.25) is 0 Å². The summed E-state index contributed by atoms with van der Waals surface area (Å²) in [5.74, 6) is 0. The van der Waals surface area contributed by atoms with Gasteiger partial charge in [-0.15, -0.1) is 0 Å². The smallest absolute Gasteiger partial charge is 0.319 e. The van der Waals surface area contributed by atoms with Crippen LogP contribution >= 0.6 is 0 Å². The Kier molecular flexibility index (Phi) is 1.40. The Morgan fingerprint density at radius 2 is 2.42 bits per heavy atom. The van der Waals surface area contributed by atoms with Gasteiger partial charge in [-0.1, -0.05) is 0 Å². The molecule has 2 heterocycles. The predicted octanol–water partition coefficient (Wildman–Crippen LogP) is 0.880. The third kappa shape index (κ3) is 0.972. The van der Waals surface area contributed by atoms with Gasteiger partial charge in [0.25, 0.3) is 0 Å². The lowest BCUT2D eigenvalue weighted by atomic mass is 10.1. The normalized spacial score (nSPS) is 14.5. The Hall–Kier alpha value is -1.71. The molecule has 2 amide bonds. The molecule has 1 aromatic rings. The highest BCUT2D eigenvalue weighted by atomic mass is 16.2. The van der Waals surface area contributed by atoms with E-state index in [0.717, 1.165) is 11.1 Å². The first-order chi connectivity index (χ1) is 5.77. The average molecular weight is 163 g/mol. The van der Waals surface area contributed by atoms with E-state index in [-0.39, 0.29) is 0 Å². The number of nitrogens with two attached hydrogens (primary N) is 1. The second-order valence-corrected chi connectivity index (χ2v) is 2.72. The number of carbonyl (C=O) groups is 1. The molecule has 0 radical (unpaired) electrons. The zero-order valence-electron chi connectivity index (χ0n) is 6.45. The first kappa shape index (κ1) is 6.97. The molecule has 4 heteroatoms. The lowest BCUT2D eigenvalue weighted by Gasteiger charge is -2.18. The van der Waals surface area contributed by atoms with E-state index in [1.807, 2.05) is 18.5 Å². The van der Waals surface area contributed by atoms with Crippen molar-refractivity contribution in [2.24, 2.45) is 5.73 Å². The molecule has 2 rings (SSSR count). The van der Waals surface area contributed by atoms with Crippen LogP contribution in [0.15, 0.2) is 18.6 Å². The van der Waals surface area contributed by atoms with Crippen LogP contribution in [-0.4, -0.2) is 15.9 Å². The van der Waals surface area contributed by atoms with Gasteiger partial charge in [0.15, 0.2) is 0 Å². The highest BCUT2D eigenvalue weighted by Crippen LogP contribution is 2.18. The molecule has 0 bridgehead atoms. The van der Waals surface area contributed by atoms with Crippen LogP contribution in [0, 0.1) is 0 Å². The van der Waals surface area contributed by atoms with E-state index in [9.17, 15) is 4.79 Å². The number of rotatable bonds is 0. The third-order valence-electron chi connectivity index (χ3n) is 1.92. The monoisotopic (exact) mass is 163 g/mol. The van der Waals surface area contributed by atoms with Crippen molar-refractivity contribution in [2.75, 3.05) is 0 Å². The molecule has 62 valence electrons. The number of urea groups is 1. The Balaban J connectivity index is 2.30. The molecule has 0 spiro atoms. The minimum atomic E-state index is -0.418. The molecule has 1 aliphatic rings. The fourth-order valence-corrected chi connectivity index (χ4v) is 1.26. The topological polar surface area (TPSA) is 62.1 Å². The van der Waals surface area contributed by atoms with Crippen LogP contribution in [0.2, 0.25) is 0 Å². The van der Waals surface area contributed by atoms with Crippen molar-refractivity contribution < 1.29 is 4.79 Å². The summed E-state index contributed by atoms with van der Waals surface area (Å²) in [5, 5.41) is 0. The summed E-state index contributed by atoms with van der Waals surface area (Å²) < 4.78 is 0. The maximum Gasteiger partial charge on any atom is 0.319 e. The number of nitrogens with zero attached hydrogens (tertiary/aromatic N) is 1. The van der Waals surface area contributed by atoms with Crippen molar-refractivity contribution in [1.82, 2.24) is 9.88 Å². The minimum absolute atomic E-state index is 0.418. The highest BCUT2D eigenvalue weighted by molar-refractivity contribution is 5.75. The van der Waals surface area contributed by atoms with Crippen LogP contribution < -0.4 is 5.73 Å². The number of aromatic nitrogens is 1. The largest absolute Gasteiger partial charge is 0.367 e. The minimum Gasteiger partial charge on any atom is -0.367 e. The van der Waals surface area contributed by atoms with Gasteiger partial charge in [-0.3, -0.25) is 4.90 Å². The molecule has 1 aliphatic heterocycles. The molecule has 12 heavy (non-hydrogen) atoms. The molecule has 0 saturated heterocycles. The number of amides is 2. The molecule has 0 atom stereocenters. The van der Waals surface area contributed by atoms with Crippen LogP contribution in [0.1, 0.15) is 11.1 Å². The highest BCUT2D eigenvalue weighted by Gasteiger charge is 2.13. The molecule has 0 aliphatic carbocycles. The molecule has 4 nitrogen and oxygen atoms in total. The van der Waals surface area contributed by atoms with E-state index < -0.39 is 6.03 Å². The Morgan fingerprint density at radius 3 is 3.17 bits per heavy atom. The van der Waals surface area contributed by atoms with Crippen LogP contribution in [0.3, 0.4) is 0 Å². The molecular weight excluding hydrogens is 154 g/mol. The van der Waals surface area contributed by atoms with Gasteiger partial charge in [0, 0.05) is 18.6 Å². The van der Waals surface area contributed by atoms with Crippen molar-refractivity contribution in [1.29, 1.82) is 0 Å². The van der Waals surface area contributed by atoms with Crippen LogP contribution in [0.25, 0.3) is 6.08 Å². The van der Waals surface area contributed by atoms with Gasteiger partial charge in [-0.2, -0.15) is 0 Å². The molecular formula is C8H9N3O. The van der Waals surface area contributed by atoms with Gasteiger partial charge in [0.05, 0.1) is 6.54 Å². The van der Waals surface area contributed by atoms with Gasteiger partial charge < -0.3 is 10.7 Å². The molecule has 0 unspecified atom stereocenters. The third-order valence-corrected chi connectivity index (χ3v) is 1.92. The zero-order chi connectivity index (χ0) is 8.55. The summed E-state index contributed by atoms with van der Waals surface area (Å²) in [7, 11) is 0. The van der Waals surface area contributed by atoms with Crippen molar-refractivity contribution in [2.45, 2.75) is 6.54 Å². The molecule has 1 aromatic heterocycles. The van der Waals surface area contributed by atoms with Gasteiger partial charge in [-0.25, -0.2) is 4.79 Å². The number of aromatic amines is 1. The maximum absolute atomic E-state index is 10.8. The summed E-state index contributed by atoms with van der Waals surface area (Å²) in [6.07, 6.45) is 7.32. The number of nitrogens with one attached hydrogen (secondary N) is 1. The standard InChI is InChI=1S/C8H9N3O/c9-8(12)11-2-1-6-3-10-4-7(6)5-11/h1-4,10H,5H2,(H2,9,12). The maximum atomic E-state index is 10.8. The lowest BCUT2D eigenvalue weighted by Crippen LogP contribution is -2.31. The molecule has 3 N–H and O–H groups in total. The van der Waals surface area contributed by atoms with Crippen molar-refractivity contribution in [3.8, 4) is 0 Å². The van der Waals surface area contributed by atoms with Crippen LogP contribution in [-0.2, 0) is 6.54 Å². The number of primary amides is 1. The summed E-state index contributed by atoms with van der Waals surface area (Å²) in [4.78, 5) is 15.2. The van der Waals surface area contributed by atoms with E-state index in [1.54, 1.807) is 6.20 Å². The number of fused-ring (bicyclic) bond motifs is 1. The van der Waals surface area contributed by atoms with E-state index >= 15 is 0 Å². The fraction of sp³-hybridized carbons (Fsp3) is 0.125. The molecule has 0 fully saturated rings. The van der Waals surface area contributed by atoms with Crippen molar-refractivity contribution in [3.63, 3.8) is 0 Å². The summed E-state index contributed by atoms with van der Waals surface area (Å²) >= 11 is 0. The van der Waals surface area contributed by atoms with Gasteiger partial charge >= 0.3 is 6.03 Å². The van der Waals surface area contributed by atoms with Crippen molar-refractivity contribution in [3.05, 3.63) is 29.7 Å². The second kappa shape index (κ2) is 2.41. The Morgan fingerprint density at radius 1 is 1.58 bits per heavy atom. The van der Waals surface area contributed by atoms with Gasteiger partial charge in [0.1, 0.15) is 0 Å². The van der Waals surface area contributed by atoms with Crippen molar-refractivity contribution >= 4 is 12.1 Å². The molecule has 0 saturated carbocycles. The number of carbonyl (C=O) groups excluding carboxylic acids is 1. The SMILES string of the molecule is NC(=O)N1C=Cc2c[nH]cc2C1. The van der Waals surface area contributed by atoms with E-state index in [1.165, 1.54) is 4.90 Å². The van der Waals surface area contributed by atoms with E-state index in [4.69, 9.17) is 5.73 Å². The fourth-order valence-electron chi connectivity index (χ4n) is 1.26. The van der Waals surface area contributed by atoms with E-state index in [0.29, 0.717) is 6.54 Å². The summed E-state index contributed by atoms with van der Waals surface area (Å²) in [5.41, 5.74) is 7.33. The van der Waals surface area contributed by atoms with Crippen LogP contribution in [0.4, 0.5) is 4.79 Å². The first-order valence-corrected chi connectivity index (χ1v) is 3.67. The van der Waals surface area contributed by atoms with Crippen LogP contribution in [0.5, 0.6) is 0 Å². The lowest BCUT2D eigenvalue weighted by molar-refractivity contribution is 0.223. The van der Waals surface area contributed by atoms with E-state index in [2.05, 4.69) is 4.98 Å². The average Bonchev–Trinajstić information content (AvgIpc) is 2.49. The number of hydrogen-bond acceptors (Lipinski definition) is 1. The quantitative estimate of drug-likeness (QED) is 0.586. The first-order valence-electron chi connectivity index (χ1n) is 3.67. The Bertz CT molecular complexity index is 340. The predicted molar refractivity (Wildman–Crippen MR) is 45.0 cm³/mol. The Labute approximate surface area is 69.7 Å². The summed E-state index contributed by atoms with van der Waals surface area (Å²) in [6, 6.07) is -0.418. The number of hydrogen-bond donors (Lipinski definition) is 2.